The third-order valence-corrected chi connectivity index (χ3v) is 7.17. The summed E-state index contributed by atoms with van der Waals surface area (Å²) in [6, 6.07) is 11.2. The Kier molecular flexibility index (Phi) is 6.29. The first-order chi connectivity index (χ1) is 15.3. The molecule has 4 rings (SSSR count). The fraction of sp³-hybridized carbons (Fsp3) is 0.286. The first kappa shape index (κ1) is 22.4. The molecule has 0 atom stereocenters. The van der Waals surface area contributed by atoms with Gasteiger partial charge in [-0.2, -0.15) is 9.40 Å². The third kappa shape index (κ3) is 4.53. The Balaban J connectivity index is 1.59. The maximum Gasteiger partial charge on any atom is 0.275 e. The van der Waals surface area contributed by atoms with Gasteiger partial charge in [0.05, 0.1) is 28.8 Å². The van der Waals surface area contributed by atoms with Crippen molar-refractivity contribution in [2.75, 3.05) is 31.6 Å². The fourth-order valence-corrected chi connectivity index (χ4v) is 5.08. The minimum absolute atomic E-state index is 0.0122. The van der Waals surface area contributed by atoms with Crippen LogP contribution in [0.2, 0.25) is 5.02 Å². The maximum atomic E-state index is 12.9. The lowest BCUT2D eigenvalue weighted by Gasteiger charge is -2.26. The standard InChI is InChI=1S/C21H22ClN5O4S/c1-14-12-15(2)27(25-14)19-7-6-18(22)20(24-19)21(28)23-16-4-3-5-17(13-16)32(29,30)26-8-10-31-11-9-26/h3-7,12-13H,8-11H2,1-2H3,(H,23,28). The zero-order chi connectivity index (χ0) is 22.9. The molecule has 1 fully saturated rings. The van der Waals surface area contributed by atoms with Crippen molar-refractivity contribution < 1.29 is 17.9 Å². The van der Waals surface area contributed by atoms with E-state index in [4.69, 9.17) is 16.3 Å². The summed E-state index contributed by atoms with van der Waals surface area (Å²) in [5.74, 6) is -0.104. The van der Waals surface area contributed by atoms with Crippen molar-refractivity contribution in [3.05, 3.63) is 64.6 Å². The summed E-state index contributed by atoms with van der Waals surface area (Å²) in [7, 11) is -3.69. The first-order valence-corrected chi connectivity index (χ1v) is 11.8. The molecule has 3 aromatic rings. The Morgan fingerprint density at radius 3 is 2.56 bits per heavy atom. The smallest absolute Gasteiger partial charge is 0.275 e. The second-order valence-corrected chi connectivity index (χ2v) is 9.68. The van der Waals surface area contributed by atoms with Gasteiger partial charge in [0.25, 0.3) is 5.91 Å². The van der Waals surface area contributed by atoms with Crippen molar-refractivity contribution in [1.29, 1.82) is 0 Å². The average molecular weight is 476 g/mol. The van der Waals surface area contributed by atoms with Crippen LogP contribution in [-0.2, 0) is 14.8 Å². The Morgan fingerprint density at radius 1 is 1.12 bits per heavy atom. The Morgan fingerprint density at radius 2 is 1.88 bits per heavy atom. The number of hydrogen-bond donors (Lipinski definition) is 1. The van der Waals surface area contributed by atoms with Gasteiger partial charge in [-0.1, -0.05) is 17.7 Å². The second-order valence-electron chi connectivity index (χ2n) is 7.34. The molecule has 9 nitrogen and oxygen atoms in total. The van der Waals surface area contributed by atoms with Crippen molar-refractivity contribution in [2.45, 2.75) is 18.7 Å². The Bertz CT molecular complexity index is 1270. The summed E-state index contributed by atoms with van der Waals surface area (Å²) < 4.78 is 34.0. The normalized spacial score (nSPS) is 15.0. The molecular weight excluding hydrogens is 454 g/mol. The molecule has 2 aromatic heterocycles. The zero-order valence-electron chi connectivity index (χ0n) is 17.6. The van der Waals surface area contributed by atoms with E-state index < -0.39 is 15.9 Å². The van der Waals surface area contributed by atoms with Gasteiger partial charge in [-0.05, 0) is 50.2 Å². The molecule has 0 spiro atoms. The van der Waals surface area contributed by atoms with Crippen LogP contribution < -0.4 is 5.32 Å². The number of aromatic nitrogens is 3. The number of halogens is 1. The van der Waals surface area contributed by atoms with E-state index in [1.165, 1.54) is 16.4 Å². The second kappa shape index (κ2) is 8.99. The molecule has 3 heterocycles. The zero-order valence-corrected chi connectivity index (χ0v) is 19.2. The molecule has 0 unspecified atom stereocenters. The number of carbonyl (C=O) groups excluding carboxylic acids is 1. The molecule has 1 amide bonds. The summed E-state index contributed by atoms with van der Waals surface area (Å²) in [5, 5.41) is 7.24. The Hall–Kier alpha value is -2.79. The van der Waals surface area contributed by atoms with Crippen LogP contribution >= 0.6 is 11.6 Å². The van der Waals surface area contributed by atoms with Crippen molar-refractivity contribution in [1.82, 2.24) is 19.1 Å². The summed E-state index contributed by atoms with van der Waals surface area (Å²) in [6.45, 7) is 5.04. The number of amides is 1. The third-order valence-electron chi connectivity index (χ3n) is 4.97. The molecular formula is C21H22ClN5O4S. The van der Waals surface area contributed by atoms with Crippen molar-refractivity contribution in [2.24, 2.45) is 0 Å². The number of aryl methyl sites for hydroxylation is 2. The lowest BCUT2D eigenvalue weighted by Crippen LogP contribution is -2.40. The van der Waals surface area contributed by atoms with Crippen LogP contribution in [-0.4, -0.2) is 59.7 Å². The number of ether oxygens (including phenoxy) is 1. The fourth-order valence-electron chi connectivity index (χ4n) is 3.43. The molecule has 0 aliphatic carbocycles. The molecule has 1 aromatic carbocycles. The number of nitrogens with zero attached hydrogens (tertiary/aromatic N) is 4. The predicted molar refractivity (Wildman–Crippen MR) is 120 cm³/mol. The van der Waals surface area contributed by atoms with E-state index in [0.717, 1.165) is 11.4 Å². The number of pyridine rings is 1. The molecule has 168 valence electrons. The van der Waals surface area contributed by atoms with Gasteiger partial charge >= 0.3 is 0 Å². The molecule has 0 bridgehead atoms. The molecule has 0 radical (unpaired) electrons. The molecule has 0 saturated carbocycles. The average Bonchev–Trinajstić information content (AvgIpc) is 3.12. The molecule has 1 N–H and O–H groups in total. The summed E-state index contributed by atoms with van der Waals surface area (Å²) in [6.07, 6.45) is 0. The van der Waals surface area contributed by atoms with Gasteiger partial charge in [-0.3, -0.25) is 4.79 Å². The monoisotopic (exact) mass is 475 g/mol. The van der Waals surface area contributed by atoms with Crippen LogP contribution in [0.15, 0.2) is 47.4 Å². The summed E-state index contributed by atoms with van der Waals surface area (Å²) >= 11 is 6.23. The predicted octanol–water partition coefficient (Wildman–Crippen LogP) is 2.81. The van der Waals surface area contributed by atoms with Gasteiger partial charge in [0.2, 0.25) is 10.0 Å². The lowest BCUT2D eigenvalue weighted by atomic mass is 10.3. The number of carbonyl (C=O) groups is 1. The number of hydrogen-bond acceptors (Lipinski definition) is 6. The quantitative estimate of drug-likeness (QED) is 0.608. The van der Waals surface area contributed by atoms with E-state index in [1.807, 2.05) is 19.9 Å². The lowest BCUT2D eigenvalue weighted by molar-refractivity contribution is 0.0730. The molecule has 1 aliphatic rings. The maximum absolute atomic E-state index is 12.9. The largest absolute Gasteiger partial charge is 0.379 e. The molecule has 32 heavy (non-hydrogen) atoms. The van der Waals surface area contributed by atoms with E-state index in [9.17, 15) is 13.2 Å². The van der Waals surface area contributed by atoms with E-state index in [1.54, 1.807) is 28.9 Å². The highest BCUT2D eigenvalue weighted by molar-refractivity contribution is 7.89. The van der Waals surface area contributed by atoms with E-state index in [2.05, 4.69) is 15.4 Å². The SMILES string of the molecule is Cc1cc(C)n(-c2ccc(Cl)c(C(=O)Nc3cccc(S(=O)(=O)N4CCOCC4)c3)n2)n1. The first-order valence-electron chi connectivity index (χ1n) is 9.95. The minimum Gasteiger partial charge on any atom is -0.379 e. The highest BCUT2D eigenvalue weighted by Crippen LogP contribution is 2.23. The topological polar surface area (TPSA) is 106 Å². The summed E-state index contributed by atoms with van der Waals surface area (Å²) in [4.78, 5) is 17.4. The molecule has 11 heteroatoms. The minimum atomic E-state index is -3.69. The molecule has 1 aliphatic heterocycles. The van der Waals surface area contributed by atoms with E-state index in [-0.39, 0.29) is 28.7 Å². The van der Waals surface area contributed by atoms with Gasteiger partial charge in [0.15, 0.2) is 5.82 Å². The number of morpholine rings is 1. The van der Waals surface area contributed by atoms with Crippen LogP contribution in [0.25, 0.3) is 5.82 Å². The van der Waals surface area contributed by atoms with Crippen molar-refractivity contribution >= 4 is 33.2 Å². The van der Waals surface area contributed by atoms with Crippen LogP contribution in [0.5, 0.6) is 0 Å². The van der Waals surface area contributed by atoms with Gasteiger partial charge in [0.1, 0.15) is 5.69 Å². The number of rotatable bonds is 5. The highest BCUT2D eigenvalue weighted by Gasteiger charge is 2.26. The van der Waals surface area contributed by atoms with Crippen molar-refractivity contribution in [3.63, 3.8) is 0 Å². The number of benzene rings is 1. The van der Waals surface area contributed by atoms with Crippen molar-refractivity contribution in [3.8, 4) is 5.82 Å². The number of nitrogens with one attached hydrogen (secondary N) is 1. The van der Waals surface area contributed by atoms with E-state index in [0.29, 0.717) is 24.7 Å². The van der Waals surface area contributed by atoms with Gasteiger partial charge in [0, 0.05) is 24.5 Å². The van der Waals surface area contributed by atoms with Gasteiger partial charge in [-0.15, -0.1) is 0 Å². The van der Waals surface area contributed by atoms with Crippen LogP contribution in [0, 0.1) is 13.8 Å². The Labute approximate surface area is 191 Å². The number of anilines is 1. The van der Waals surface area contributed by atoms with Crippen LogP contribution in [0.1, 0.15) is 21.9 Å². The molecule has 1 saturated heterocycles. The van der Waals surface area contributed by atoms with Crippen LogP contribution in [0.4, 0.5) is 5.69 Å². The number of sulfonamides is 1. The highest BCUT2D eigenvalue weighted by atomic mass is 35.5. The van der Waals surface area contributed by atoms with E-state index >= 15 is 0 Å². The van der Waals surface area contributed by atoms with Gasteiger partial charge < -0.3 is 10.1 Å². The summed E-state index contributed by atoms with van der Waals surface area (Å²) in [5.41, 5.74) is 2.02. The van der Waals surface area contributed by atoms with Gasteiger partial charge in [-0.25, -0.2) is 18.1 Å². The van der Waals surface area contributed by atoms with Crippen LogP contribution in [0.3, 0.4) is 0 Å².